The van der Waals surface area contributed by atoms with Crippen LogP contribution in [0.4, 0.5) is 0 Å². The molecule has 0 bridgehead atoms. The molecule has 0 aliphatic carbocycles. The number of ketones is 1. The second kappa shape index (κ2) is 9.75. The number of benzene rings is 1. The highest BCUT2D eigenvalue weighted by Gasteiger charge is 2.21. The van der Waals surface area contributed by atoms with Crippen molar-refractivity contribution in [1.29, 1.82) is 0 Å². The van der Waals surface area contributed by atoms with Crippen molar-refractivity contribution in [2.45, 2.75) is 12.8 Å². The fourth-order valence-electron chi connectivity index (χ4n) is 2.60. The monoisotopic (exact) mass is 408 g/mol. The van der Waals surface area contributed by atoms with Gasteiger partial charge < -0.3 is 10.1 Å². The molecule has 1 N–H and O–H groups in total. The molecule has 1 aromatic carbocycles. The van der Waals surface area contributed by atoms with Crippen LogP contribution in [0.3, 0.4) is 0 Å². The summed E-state index contributed by atoms with van der Waals surface area (Å²) in [6, 6.07) is 15.8. The Labute approximate surface area is 172 Å². The molecule has 0 spiro atoms. The van der Waals surface area contributed by atoms with E-state index < -0.39 is 11.9 Å². The summed E-state index contributed by atoms with van der Waals surface area (Å²) in [5.41, 5.74) is 1.06. The highest BCUT2D eigenvalue weighted by Crippen LogP contribution is 2.27. The molecule has 6 nitrogen and oxygen atoms in total. The van der Waals surface area contributed by atoms with Gasteiger partial charge in [-0.15, -0.1) is 11.3 Å². The zero-order valence-electron chi connectivity index (χ0n) is 15.8. The number of nitrogens with one attached hydrogen (secondary N) is 1. The van der Waals surface area contributed by atoms with Gasteiger partial charge in [-0.3, -0.25) is 19.4 Å². The van der Waals surface area contributed by atoms with E-state index in [1.54, 1.807) is 49.5 Å². The van der Waals surface area contributed by atoms with E-state index in [2.05, 4.69) is 10.3 Å². The second-order valence-corrected chi connectivity index (χ2v) is 7.40. The van der Waals surface area contributed by atoms with Crippen LogP contribution >= 0.6 is 11.3 Å². The quantitative estimate of drug-likeness (QED) is 0.351. The smallest absolute Gasteiger partial charge is 0.314 e. The maximum Gasteiger partial charge on any atom is 0.314 e. The second-order valence-electron chi connectivity index (χ2n) is 6.28. The van der Waals surface area contributed by atoms with Crippen molar-refractivity contribution >= 4 is 29.0 Å². The molecule has 0 saturated heterocycles. The molecule has 0 fully saturated rings. The van der Waals surface area contributed by atoms with Crippen molar-refractivity contribution in [3.63, 3.8) is 0 Å². The van der Waals surface area contributed by atoms with Crippen LogP contribution in [0.15, 0.2) is 67.0 Å². The van der Waals surface area contributed by atoms with Gasteiger partial charge in [0.15, 0.2) is 0 Å². The lowest BCUT2D eigenvalue weighted by atomic mass is 10.1. The molecule has 0 saturated carbocycles. The van der Waals surface area contributed by atoms with Crippen molar-refractivity contribution in [2.75, 3.05) is 13.2 Å². The molecule has 0 aliphatic heterocycles. The van der Waals surface area contributed by atoms with Crippen molar-refractivity contribution in [3.05, 3.63) is 87.9 Å². The summed E-state index contributed by atoms with van der Waals surface area (Å²) in [5.74, 6) is -1.24. The summed E-state index contributed by atoms with van der Waals surface area (Å²) >= 11 is 1.29. The predicted octanol–water partition coefficient (Wildman–Crippen LogP) is 3.45. The molecule has 1 amide bonds. The average molecular weight is 408 g/mol. The van der Waals surface area contributed by atoms with E-state index in [4.69, 9.17) is 4.74 Å². The Morgan fingerprint density at radius 1 is 1.03 bits per heavy atom. The van der Waals surface area contributed by atoms with Crippen molar-refractivity contribution in [2.24, 2.45) is 0 Å². The molecule has 29 heavy (non-hydrogen) atoms. The lowest BCUT2D eigenvalue weighted by Gasteiger charge is -2.10. The fraction of sp³-hybridized carbons (Fsp3) is 0.182. The Morgan fingerprint density at radius 2 is 1.79 bits per heavy atom. The number of rotatable bonds is 8. The van der Waals surface area contributed by atoms with Crippen LogP contribution in [0.25, 0.3) is 0 Å². The Morgan fingerprint density at radius 3 is 2.52 bits per heavy atom. The van der Waals surface area contributed by atoms with Crippen LogP contribution in [0, 0.1) is 0 Å². The van der Waals surface area contributed by atoms with E-state index in [1.165, 1.54) is 17.5 Å². The third kappa shape index (κ3) is 5.36. The van der Waals surface area contributed by atoms with Gasteiger partial charge in [0.2, 0.25) is 5.78 Å². The van der Waals surface area contributed by atoms with Crippen LogP contribution in [0.1, 0.15) is 43.3 Å². The fourth-order valence-corrected chi connectivity index (χ4v) is 3.61. The van der Waals surface area contributed by atoms with Gasteiger partial charge in [0.1, 0.15) is 6.61 Å². The van der Waals surface area contributed by atoms with Gasteiger partial charge >= 0.3 is 5.97 Å². The van der Waals surface area contributed by atoms with E-state index in [1.807, 2.05) is 18.2 Å². The van der Waals surface area contributed by atoms with Crippen LogP contribution in [-0.4, -0.2) is 35.8 Å². The average Bonchev–Trinajstić information content (AvgIpc) is 3.26. The maximum atomic E-state index is 12.5. The van der Waals surface area contributed by atoms with Gasteiger partial charge in [-0.2, -0.15) is 0 Å². The van der Waals surface area contributed by atoms with E-state index in [0.717, 1.165) is 4.88 Å². The third-order valence-electron chi connectivity index (χ3n) is 4.22. The number of carbonyl (C=O) groups excluding carboxylic acids is 3. The molecule has 1 unspecified atom stereocenters. The van der Waals surface area contributed by atoms with Gasteiger partial charge in [0.25, 0.3) is 5.91 Å². The Hall–Kier alpha value is -3.32. The number of amides is 1. The van der Waals surface area contributed by atoms with Crippen molar-refractivity contribution in [3.8, 4) is 0 Å². The number of hydrogen-bond acceptors (Lipinski definition) is 6. The Balaban J connectivity index is 1.48. The van der Waals surface area contributed by atoms with Gasteiger partial charge in [-0.05, 0) is 31.2 Å². The van der Waals surface area contributed by atoms with E-state index >= 15 is 0 Å². The highest BCUT2D eigenvalue weighted by atomic mass is 32.1. The third-order valence-corrected chi connectivity index (χ3v) is 5.49. The number of carbonyl (C=O) groups is 3. The lowest BCUT2D eigenvalue weighted by molar-refractivity contribution is -0.144. The predicted molar refractivity (Wildman–Crippen MR) is 110 cm³/mol. The number of esters is 1. The molecule has 1 atom stereocenters. The number of hydrogen-bond donors (Lipinski definition) is 1. The largest absolute Gasteiger partial charge is 0.463 e. The van der Waals surface area contributed by atoms with Gasteiger partial charge in [0, 0.05) is 22.8 Å². The SMILES string of the molecule is CC(C(=O)OCCNC(=O)c1cccnc1)c1ccc(C(=O)c2ccccc2)s1. The molecule has 0 aliphatic rings. The normalized spacial score (nSPS) is 11.5. The lowest BCUT2D eigenvalue weighted by Crippen LogP contribution is -2.28. The molecule has 2 heterocycles. The van der Waals surface area contributed by atoms with Crippen LogP contribution in [0.2, 0.25) is 0 Å². The van der Waals surface area contributed by atoms with Gasteiger partial charge in [0.05, 0.1) is 22.9 Å². The van der Waals surface area contributed by atoms with Crippen molar-refractivity contribution in [1.82, 2.24) is 10.3 Å². The van der Waals surface area contributed by atoms with E-state index in [9.17, 15) is 14.4 Å². The minimum Gasteiger partial charge on any atom is -0.463 e. The zero-order valence-corrected chi connectivity index (χ0v) is 16.6. The van der Waals surface area contributed by atoms with E-state index in [0.29, 0.717) is 16.0 Å². The summed E-state index contributed by atoms with van der Waals surface area (Å²) in [6.45, 7) is 2.00. The standard InChI is InChI=1S/C22H20N2O4S/c1-15(18-9-10-19(29-18)20(25)16-6-3-2-4-7-16)22(27)28-13-12-24-21(26)17-8-5-11-23-14-17/h2-11,14-15H,12-13H2,1H3,(H,24,26). The summed E-state index contributed by atoms with van der Waals surface area (Å²) in [7, 11) is 0. The van der Waals surface area contributed by atoms with Crippen LogP contribution in [0.5, 0.6) is 0 Å². The first-order valence-electron chi connectivity index (χ1n) is 9.10. The maximum absolute atomic E-state index is 12.5. The summed E-state index contributed by atoms with van der Waals surface area (Å²) in [5, 5.41) is 2.67. The van der Waals surface area contributed by atoms with E-state index in [-0.39, 0.29) is 24.8 Å². The summed E-state index contributed by atoms with van der Waals surface area (Å²) in [6.07, 6.45) is 3.05. The number of nitrogens with zero attached hydrogens (tertiary/aromatic N) is 1. The highest BCUT2D eigenvalue weighted by molar-refractivity contribution is 7.14. The number of pyridine rings is 1. The molecule has 3 rings (SSSR count). The Bertz CT molecular complexity index is 986. The minimum absolute atomic E-state index is 0.0658. The molecule has 2 aromatic heterocycles. The van der Waals surface area contributed by atoms with Crippen LogP contribution < -0.4 is 5.32 Å². The number of aromatic nitrogens is 1. The molecule has 148 valence electrons. The molecule has 0 radical (unpaired) electrons. The molecular weight excluding hydrogens is 388 g/mol. The first-order valence-corrected chi connectivity index (χ1v) is 9.92. The Kier molecular flexibility index (Phi) is 6.86. The van der Waals surface area contributed by atoms with Gasteiger partial charge in [-0.25, -0.2) is 0 Å². The molecule has 3 aromatic rings. The molecule has 7 heteroatoms. The van der Waals surface area contributed by atoms with Crippen LogP contribution in [-0.2, 0) is 9.53 Å². The minimum atomic E-state index is -0.494. The van der Waals surface area contributed by atoms with Crippen molar-refractivity contribution < 1.29 is 19.1 Å². The number of thiophene rings is 1. The first-order chi connectivity index (χ1) is 14.1. The summed E-state index contributed by atoms with van der Waals surface area (Å²) < 4.78 is 5.25. The summed E-state index contributed by atoms with van der Waals surface area (Å²) in [4.78, 5) is 41.9. The zero-order chi connectivity index (χ0) is 20.6. The topological polar surface area (TPSA) is 85.4 Å². The van der Waals surface area contributed by atoms with Gasteiger partial charge in [-0.1, -0.05) is 30.3 Å². The first kappa shape index (κ1) is 20.4. The number of ether oxygens (including phenoxy) is 1. The molecular formula is C22H20N2O4S.